The van der Waals surface area contributed by atoms with Gasteiger partial charge >= 0.3 is 0 Å². The number of rotatable bonds is 5. The lowest BCUT2D eigenvalue weighted by atomic mass is 10.3. The Bertz CT molecular complexity index is 668. The van der Waals surface area contributed by atoms with Gasteiger partial charge in [0.25, 0.3) is 0 Å². The second kappa shape index (κ2) is 7.76. The number of benzene rings is 1. The van der Waals surface area contributed by atoms with E-state index in [1.165, 1.54) is 11.8 Å². The first-order valence-electron chi connectivity index (χ1n) is 8.20. The summed E-state index contributed by atoms with van der Waals surface area (Å²) in [5.41, 5.74) is 0.890. The van der Waals surface area contributed by atoms with Crippen LogP contribution in [0.2, 0.25) is 0 Å². The van der Waals surface area contributed by atoms with Crippen molar-refractivity contribution in [1.82, 2.24) is 30.0 Å². The molecule has 0 spiro atoms. The van der Waals surface area contributed by atoms with Crippen LogP contribution in [0.25, 0.3) is 5.69 Å². The highest BCUT2D eigenvalue weighted by Gasteiger charge is 2.26. The number of nitrogens with zero attached hydrogens (tertiary/aromatic N) is 6. The molecule has 0 radical (unpaired) electrons. The maximum Gasteiger partial charge on any atom is 0.235 e. The van der Waals surface area contributed by atoms with E-state index in [0.717, 1.165) is 38.4 Å². The van der Waals surface area contributed by atoms with Crippen molar-refractivity contribution in [3.8, 4) is 5.69 Å². The van der Waals surface area contributed by atoms with Gasteiger partial charge in [-0.2, -0.15) is 4.68 Å². The molecule has 0 bridgehead atoms. The van der Waals surface area contributed by atoms with Crippen LogP contribution in [-0.2, 0) is 4.79 Å². The third-order valence-corrected chi connectivity index (χ3v) is 5.22. The molecular weight excluding hydrogens is 324 g/mol. The van der Waals surface area contributed by atoms with E-state index in [1.54, 1.807) is 4.68 Å². The van der Waals surface area contributed by atoms with Crippen LogP contribution in [0.4, 0.5) is 0 Å². The smallest absolute Gasteiger partial charge is 0.235 e. The largest absolute Gasteiger partial charge is 0.339 e. The van der Waals surface area contributed by atoms with E-state index >= 15 is 0 Å². The van der Waals surface area contributed by atoms with Gasteiger partial charge in [-0.25, -0.2) is 0 Å². The van der Waals surface area contributed by atoms with E-state index in [9.17, 15) is 4.79 Å². The van der Waals surface area contributed by atoms with Gasteiger partial charge in [0.15, 0.2) is 0 Å². The zero-order valence-electron chi connectivity index (χ0n) is 14.0. The maximum absolute atomic E-state index is 12.7. The van der Waals surface area contributed by atoms with Gasteiger partial charge in [0, 0.05) is 26.2 Å². The number of para-hydroxylation sites is 1. The third-order valence-electron chi connectivity index (χ3n) is 4.20. The van der Waals surface area contributed by atoms with Crippen LogP contribution < -0.4 is 0 Å². The summed E-state index contributed by atoms with van der Waals surface area (Å²) >= 11 is 1.40. The van der Waals surface area contributed by atoms with Crippen molar-refractivity contribution in [2.45, 2.75) is 24.3 Å². The van der Waals surface area contributed by atoms with Gasteiger partial charge in [0.2, 0.25) is 11.1 Å². The molecule has 1 atom stereocenters. The van der Waals surface area contributed by atoms with E-state index in [0.29, 0.717) is 5.16 Å². The van der Waals surface area contributed by atoms with Gasteiger partial charge in [0.1, 0.15) is 0 Å². The van der Waals surface area contributed by atoms with Crippen molar-refractivity contribution >= 4 is 17.7 Å². The zero-order chi connectivity index (χ0) is 16.9. The highest BCUT2D eigenvalue weighted by atomic mass is 32.2. The molecule has 7 nitrogen and oxygen atoms in total. The van der Waals surface area contributed by atoms with Crippen molar-refractivity contribution in [1.29, 1.82) is 0 Å². The minimum Gasteiger partial charge on any atom is -0.339 e. The Hall–Kier alpha value is -1.93. The van der Waals surface area contributed by atoms with E-state index in [2.05, 4.69) is 27.3 Å². The molecule has 8 heteroatoms. The second-order valence-electron chi connectivity index (χ2n) is 5.73. The van der Waals surface area contributed by atoms with Crippen molar-refractivity contribution in [3.63, 3.8) is 0 Å². The summed E-state index contributed by atoms with van der Waals surface area (Å²) in [6.07, 6.45) is 0. The summed E-state index contributed by atoms with van der Waals surface area (Å²) < 4.78 is 1.67. The van der Waals surface area contributed by atoms with Gasteiger partial charge in [-0.15, -0.1) is 5.10 Å². The van der Waals surface area contributed by atoms with Gasteiger partial charge < -0.3 is 9.80 Å². The first-order valence-corrected chi connectivity index (χ1v) is 9.08. The number of aromatic nitrogens is 4. The van der Waals surface area contributed by atoms with Gasteiger partial charge in [-0.3, -0.25) is 4.79 Å². The summed E-state index contributed by atoms with van der Waals surface area (Å²) in [4.78, 5) is 17.0. The lowest BCUT2D eigenvalue weighted by molar-refractivity contribution is -0.132. The Kier molecular flexibility index (Phi) is 5.47. The Morgan fingerprint density at radius 1 is 1.21 bits per heavy atom. The average molecular weight is 346 g/mol. The summed E-state index contributed by atoms with van der Waals surface area (Å²) in [6, 6.07) is 9.71. The standard InChI is InChI=1S/C16H22N6OS/c1-3-20-9-11-21(12-10-20)15(23)13(2)24-16-17-18-19-22(16)14-7-5-4-6-8-14/h4-8,13H,3,9-12H2,1-2H3. The normalized spacial score (nSPS) is 17.0. The van der Waals surface area contributed by atoms with Crippen molar-refractivity contribution < 1.29 is 4.79 Å². The lowest BCUT2D eigenvalue weighted by Crippen LogP contribution is -2.50. The molecule has 2 heterocycles. The number of thioether (sulfide) groups is 1. The quantitative estimate of drug-likeness (QED) is 0.761. The number of likely N-dealkylation sites (N-methyl/N-ethyl adjacent to an activating group) is 1. The highest BCUT2D eigenvalue weighted by molar-refractivity contribution is 8.00. The molecule has 1 saturated heterocycles. The van der Waals surface area contributed by atoms with Crippen LogP contribution >= 0.6 is 11.8 Å². The second-order valence-corrected chi connectivity index (χ2v) is 7.04. The van der Waals surface area contributed by atoms with Crippen LogP contribution in [0.3, 0.4) is 0 Å². The van der Waals surface area contributed by atoms with Crippen molar-refractivity contribution in [2.24, 2.45) is 0 Å². The fraction of sp³-hybridized carbons (Fsp3) is 0.500. The molecule has 3 rings (SSSR count). The van der Waals surface area contributed by atoms with Gasteiger partial charge in [-0.1, -0.05) is 36.9 Å². The van der Waals surface area contributed by atoms with E-state index < -0.39 is 0 Å². The molecule has 1 aliphatic rings. The molecule has 1 amide bonds. The zero-order valence-corrected chi connectivity index (χ0v) is 14.8. The van der Waals surface area contributed by atoms with Gasteiger partial charge in [-0.05, 0) is 36.0 Å². The molecule has 1 fully saturated rings. The number of hydrogen-bond acceptors (Lipinski definition) is 6. The summed E-state index contributed by atoms with van der Waals surface area (Å²) in [5.74, 6) is 0.151. The molecule has 1 aliphatic heterocycles. The minimum absolute atomic E-state index is 0.151. The number of amides is 1. The average Bonchev–Trinajstić information content (AvgIpc) is 3.10. The number of tetrazole rings is 1. The van der Waals surface area contributed by atoms with Crippen molar-refractivity contribution in [2.75, 3.05) is 32.7 Å². The summed E-state index contributed by atoms with van der Waals surface area (Å²) in [7, 11) is 0. The van der Waals surface area contributed by atoms with Crippen LogP contribution in [0.5, 0.6) is 0 Å². The Morgan fingerprint density at radius 2 is 1.92 bits per heavy atom. The topological polar surface area (TPSA) is 67.2 Å². The van der Waals surface area contributed by atoms with Crippen LogP contribution in [0, 0.1) is 0 Å². The highest BCUT2D eigenvalue weighted by Crippen LogP contribution is 2.24. The third kappa shape index (κ3) is 3.76. The number of hydrogen-bond donors (Lipinski definition) is 0. The molecule has 0 N–H and O–H groups in total. The molecular formula is C16H22N6OS. The fourth-order valence-corrected chi connectivity index (χ4v) is 3.63. The Balaban J connectivity index is 1.64. The number of piperazine rings is 1. The monoisotopic (exact) mass is 346 g/mol. The first kappa shape index (κ1) is 16.9. The van der Waals surface area contributed by atoms with Gasteiger partial charge in [0.05, 0.1) is 10.9 Å². The van der Waals surface area contributed by atoms with Crippen molar-refractivity contribution in [3.05, 3.63) is 30.3 Å². The Morgan fingerprint density at radius 3 is 2.58 bits per heavy atom. The predicted octanol–water partition coefficient (Wildman–Crippen LogP) is 1.31. The summed E-state index contributed by atoms with van der Waals surface area (Å²) in [5, 5.41) is 12.3. The molecule has 24 heavy (non-hydrogen) atoms. The fourth-order valence-electron chi connectivity index (χ4n) is 2.73. The molecule has 1 unspecified atom stereocenters. The molecule has 0 aliphatic carbocycles. The minimum atomic E-state index is -0.216. The van der Waals surface area contributed by atoms with E-state index in [1.807, 2.05) is 42.2 Å². The summed E-state index contributed by atoms with van der Waals surface area (Å²) in [6.45, 7) is 8.59. The number of carbonyl (C=O) groups is 1. The molecule has 2 aromatic rings. The van der Waals surface area contributed by atoms with Crippen LogP contribution in [0.1, 0.15) is 13.8 Å². The number of carbonyl (C=O) groups excluding carboxylic acids is 1. The SMILES string of the molecule is CCN1CCN(C(=O)C(C)Sc2nnnn2-c2ccccc2)CC1. The predicted molar refractivity (Wildman–Crippen MR) is 93.2 cm³/mol. The maximum atomic E-state index is 12.7. The lowest BCUT2D eigenvalue weighted by Gasteiger charge is -2.35. The molecule has 1 aromatic carbocycles. The van der Waals surface area contributed by atoms with Crippen LogP contribution in [-0.4, -0.2) is 73.9 Å². The Labute approximate surface area is 146 Å². The van der Waals surface area contributed by atoms with Crippen LogP contribution in [0.15, 0.2) is 35.5 Å². The van der Waals surface area contributed by atoms with E-state index in [4.69, 9.17) is 0 Å². The first-order chi connectivity index (χ1) is 11.7. The molecule has 0 saturated carbocycles. The molecule has 1 aromatic heterocycles. The molecule has 128 valence electrons. The van der Waals surface area contributed by atoms with E-state index in [-0.39, 0.29) is 11.2 Å².